The number of aromatic nitrogens is 2. The van der Waals surface area contributed by atoms with Crippen LogP contribution >= 0.6 is 0 Å². The van der Waals surface area contributed by atoms with Crippen LogP contribution in [-0.4, -0.2) is 15.2 Å². The van der Waals surface area contributed by atoms with Gasteiger partial charge in [0.2, 0.25) is 0 Å². The van der Waals surface area contributed by atoms with Crippen molar-refractivity contribution in [1.29, 1.82) is 0 Å². The van der Waals surface area contributed by atoms with E-state index in [1.54, 1.807) is 28.6 Å². The number of aryl methyl sites for hydroxylation is 2. The summed E-state index contributed by atoms with van der Waals surface area (Å²) >= 11 is 0. The molecule has 1 aromatic heterocycles. The van der Waals surface area contributed by atoms with Crippen LogP contribution in [-0.2, 0) is 20.0 Å². The third kappa shape index (κ3) is 1.83. The van der Waals surface area contributed by atoms with Gasteiger partial charge in [0.05, 0.1) is 6.54 Å². The fourth-order valence-corrected chi connectivity index (χ4v) is 2.42. The number of imidazole rings is 1. The minimum atomic E-state index is 0.00531. The van der Waals surface area contributed by atoms with Crippen molar-refractivity contribution >= 4 is 0 Å². The van der Waals surface area contributed by atoms with Crippen LogP contribution in [0.5, 0.6) is 5.75 Å². The van der Waals surface area contributed by atoms with Gasteiger partial charge in [-0.3, -0.25) is 4.57 Å². The highest BCUT2D eigenvalue weighted by molar-refractivity contribution is 5.40. The van der Waals surface area contributed by atoms with Gasteiger partial charge < -0.3 is 9.30 Å². The number of hydrogen-bond acceptors (Lipinski definition) is 2. The second kappa shape index (κ2) is 4.05. The minimum Gasteiger partial charge on any atom is -0.488 e. The summed E-state index contributed by atoms with van der Waals surface area (Å²) in [5, 5.41) is 0. The third-order valence-electron chi connectivity index (χ3n) is 3.38. The van der Waals surface area contributed by atoms with E-state index in [0.717, 1.165) is 12.2 Å². The van der Waals surface area contributed by atoms with Crippen molar-refractivity contribution in [2.24, 2.45) is 7.05 Å². The zero-order valence-electron chi connectivity index (χ0n) is 10.6. The molecule has 2 heterocycles. The first-order chi connectivity index (χ1) is 8.63. The predicted octanol–water partition coefficient (Wildman–Crippen LogP) is 1.50. The van der Waals surface area contributed by atoms with Crippen LogP contribution in [0, 0.1) is 6.92 Å². The fourth-order valence-electron chi connectivity index (χ4n) is 2.42. The van der Waals surface area contributed by atoms with Crippen LogP contribution < -0.4 is 10.4 Å². The van der Waals surface area contributed by atoms with Crippen molar-refractivity contribution in [2.75, 3.05) is 0 Å². The zero-order valence-corrected chi connectivity index (χ0v) is 10.6. The van der Waals surface area contributed by atoms with Crippen molar-refractivity contribution in [3.63, 3.8) is 0 Å². The molecular weight excluding hydrogens is 228 g/mol. The largest absolute Gasteiger partial charge is 0.488 e. The summed E-state index contributed by atoms with van der Waals surface area (Å²) in [6.45, 7) is 2.68. The van der Waals surface area contributed by atoms with Crippen molar-refractivity contribution in [2.45, 2.75) is 26.0 Å². The normalized spacial score (nSPS) is 17.6. The molecule has 0 N–H and O–H groups in total. The molecule has 1 aliphatic heterocycles. The smallest absolute Gasteiger partial charge is 0.327 e. The Morgan fingerprint density at radius 1 is 1.39 bits per heavy atom. The van der Waals surface area contributed by atoms with E-state index in [0.29, 0.717) is 6.54 Å². The Morgan fingerprint density at radius 2 is 2.22 bits per heavy atom. The number of hydrogen-bond donors (Lipinski definition) is 0. The number of rotatable bonds is 2. The first-order valence-corrected chi connectivity index (χ1v) is 6.11. The van der Waals surface area contributed by atoms with Crippen molar-refractivity contribution in [3.05, 3.63) is 52.2 Å². The summed E-state index contributed by atoms with van der Waals surface area (Å²) < 4.78 is 9.13. The van der Waals surface area contributed by atoms with Crippen LogP contribution in [0.25, 0.3) is 0 Å². The quantitative estimate of drug-likeness (QED) is 0.802. The van der Waals surface area contributed by atoms with Gasteiger partial charge in [-0.1, -0.05) is 17.7 Å². The van der Waals surface area contributed by atoms with E-state index in [1.807, 2.05) is 6.07 Å². The summed E-state index contributed by atoms with van der Waals surface area (Å²) in [7, 11) is 1.76. The monoisotopic (exact) mass is 244 g/mol. The van der Waals surface area contributed by atoms with Crippen LogP contribution in [0.15, 0.2) is 35.4 Å². The van der Waals surface area contributed by atoms with Gasteiger partial charge >= 0.3 is 5.69 Å². The van der Waals surface area contributed by atoms with Crippen molar-refractivity contribution in [3.8, 4) is 5.75 Å². The highest BCUT2D eigenvalue weighted by atomic mass is 16.5. The molecule has 0 fully saturated rings. The van der Waals surface area contributed by atoms with E-state index in [2.05, 4.69) is 19.1 Å². The van der Waals surface area contributed by atoms with Gasteiger partial charge in [0, 0.05) is 25.9 Å². The number of nitrogens with zero attached hydrogens (tertiary/aromatic N) is 2. The van der Waals surface area contributed by atoms with E-state index in [9.17, 15) is 4.79 Å². The van der Waals surface area contributed by atoms with Crippen LogP contribution in [0.2, 0.25) is 0 Å². The van der Waals surface area contributed by atoms with Gasteiger partial charge in [-0.15, -0.1) is 0 Å². The minimum absolute atomic E-state index is 0.00531. The molecule has 4 heteroatoms. The number of fused-ring (bicyclic) bond motifs is 1. The Morgan fingerprint density at radius 3 is 2.94 bits per heavy atom. The molecule has 1 aromatic carbocycles. The van der Waals surface area contributed by atoms with E-state index in [-0.39, 0.29) is 11.8 Å². The van der Waals surface area contributed by atoms with Gasteiger partial charge in [0.15, 0.2) is 0 Å². The SMILES string of the molecule is Cc1ccc2c(c1)CC(Cn1ccn(C)c1=O)O2. The van der Waals surface area contributed by atoms with E-state index in [4.69, 9.17) is 4.74 Å². The molecule has 3 rings (SSSR count). The lowest BCUT2D eigenvalue weighted by Crippen LogP contribution is -2.29. The molecule has 0 bridgehead atoms. The average molecular weight is 244 g/mol. The summed E-state index contributed by atoms with van der Waals surface area (Å²) in [4.78, 5) is 11.8. The molecule has 0 saturated carbocycles. The fraction of sp³-hybridized carbons (Fsp3) is 0.357. The van der Waals surface area contributed by atoms with Gasteiger partial charge in [-0.25, -0.2) is 4.79 Å². The van der Waals surface area contributed by atoms with Crippen LogP contribution in [0.3, 0.4) is 0 Å². The molecule has 0 aliphatic carbocycles. The standard InChI is InChI=1S/C14H16N2O2/c1-10-3-4-13-11(7-10)8-12(18-13)9-16-6-5-15(2)14(16)17/h3-7,12H,8-9H2,1-2H3. The maximum absolute atomic E-state index is 11.8. The average Bonchev–Trinajstić information content (AvgIpc) is 2.86. The Hall–Kier alpha value is -1.97. The molecule has 0 radical (unpaired) electrons. The highest BCUT2D eigenvalue weighted by Gasteiger charge is 2.23. The van der Waals surface area contributed by atoms with E-state index in [1.165, 1.54) is 11.1 Å². The lowest BCUT2D eigenvalue weighted by Gasteiger charge is -2.10. The van der Waals surface area contributed by atoms with Crippen LogP contribution in [0.1, 0.15) is 11.1 Å². The lowest BCUT2D eigenvalue weighted by atomic mass is 10.1. The van der Waals surface area contributed by atoms with Crippen molar-refractivity contribution < 1.29 is 4.74 Å². The number of ether oxygens (including phenoxy) is 1. The zero-order chi connectivity index (χ0) is 12.7. The molecule has 0 amide bonds. The topological polar surface area (TPSA) is 36.2 Å². The Kier molecular flexibility index (Phi) is 2.51. The van der Waals surface area contributed by atoms with Gasteiger partial charge in [0.1, 0.15) is 11.9 Å². The maximum atomic E-state index is 11.8. The van der Waals surface area contributed by atoms with Crippen molar-refractivity contribution in [1.82, 2.24) is 9.13 Å². The molecule has 0 saturated heterocycles. The van der Waals surface area contributed by atoms with Gasteiger partial charge in [-0.05, 0) is 18.6 Å². The third-order valence-corrected chi connectivity index (χ3v) is 3.38. The Labute approximate surface area is 105 Å². The second-order valence-electron chi connectivity index (χ2n) is 4.90. The first-order valence-electron chi connectivity index (χ1n) is 6.11. The first kappa shape index (κ1) is 11.1. The van der Waals surface area contributed by atoms with Gasteiger partial charge in [-0.2, -0.15) is 0 Å². The van der Waals surface area contributed by atoms with E-state index < -0.39 is 0 Å². The highest BCUT2D eigenvalue weighted by Crippen LogP contribution is 2.29. The molecule has 1 unspecified atom stereocenters. The lowest BCUT2D eigenvalue weighted by molar-refractivity contribution is 0.207. The second-order valence-corrected chi connectivity index (χ2v) is 4.90. The van der Waals surface area contributed by atoms with Crippen LogP contribution in [0.4, 0.5) is 0 Å². The molecule has 2 aromatic rings. The molecule has 4 nitrogen and oxygen atoms in total. The maximum Gasteiger partial charge on any atom is 0.327 e. The summed E-state index contributed by atoms with van der Waals surface area (Å²) in [6.07, 6.45) is 4.51. The summed E-state index contributed by atoms with van der Waals surface area (Å²) in [5.41, 5.74) is 2.49. The summed E-state index contributed by atoms with van der Waals surface area (Å²) in [6, 6.07) is 6.22. The Balaban J connectivity index is 1.79. The molecule has 94 valence electrons. The summed E-state index contributed by atoms with van der Waals surface area (Å²) in [5.74, 6) is 0.953. The molecule has 0 spiro atoms. The Bertz CT molecular complexity index is 639. The van der Waals surface area contributed by atoms with E-state index >= 15 is 0 Å². The van der Waals surface area contributed by atoms with Gasteiger partial charge in [0.25, 0.3) is 0 Å². The predicted molar refractivity (Wildman–Crippen MR) is 69.0 cm³/mol. The molecular formula is C14H16N2O2. The molecule has 1 atom stereocenters. The molecule has 18 heavy (non-hydrogen) atoms. The number of benzene rings is 1. The molecule has 1 aliphatic rings.